The van der Waals surface area contributed by atoms with Gasteiger partial charge < -0.3 is 9.84 Å². The Bertz CT molecular complexity index is 1440. The standard InChI is InChI=1S/C26H23ClF3NO6S/c1-15(32)24-21(27)11-12-22(31-38(35,36)20-9-4-17(5-10-20)26(28,29)30)25(24)23(34)14-16-3-6-18(33)7-8-19(13-16)37-2/h3-5,7-13,18,31,33H,6,14H2,1-2H3/b8-7+,16-3+,19-13+. The second-order valence-corrected chi connectivity index (χ2v) is 10.4. The van der Waals surface area contributed by atoms with Crippen molar-refractivity contribution in [2.45, 2.75) is 36.9 Å². The van der Waals surface area contributed by atoms with Crippen molar-refractivity contribution in [3.8, 4) is 0 Å². The number of ketones is 2. The van der Waals surface area contributed by atoms with Crippen molar-refractivity contribution >= 4 is 38.9 Å². The first-order valence-corrected chi connectivity index (χ1v) is 13.0. The van der Waals surface area contributed by atoms with Gasteiger partial charge >= 0.3 is 6.18 Å². The molecule has 2 aromatic rings. The van der Waals surface area contributed by atoms with Crippen LogP contribution in [-0.4, -0.2) is 38.3 Å². The van der Waals surface area contributed by atoms with E-state index in [1.165, 1.54) is 31.4 Å². The number of aliphatic hydroxyl groups is 1. The second kappa shape index (κ2) is 11.5. The molecular weight excluding hydrogens is 547 g/mol. The van der Waals surface area contributed by atoms with E-state index in [9.17, 15) is 36.3 Å². The molecule has 1 aliphatic carbocycles. The first-order chi connectivity index (χ1) is 17.7. The molecule has 1 atom stereocenters. The smallest absolute Gasteiger partial charge is 0.416 e. The highest BCUT2D eigenvalue weighted by atomic mass is 35.5. The maximum Gasteiger partial charge on any atom is 0.416 e. The van der Waals surface area contributed by atoms with Gasteiger partial charge in [-0.25, -0.2) is 8.42 Å². The third-order valence-corrected chi connectivity index (χ3v) is 7.25. The summed E-state index contributed by atoms with van der Waals surface area (Å²) in [7, 11) is -3.06. The normalized spacial score (nSPS) is 19.7. The Kier molecular flexibility index (Phi) is 8.86. The third-order valence-electron chi connectivity index (χ3n) is 5.55. The molecular formula is C26H23ClF3NO6S. The van der Waals surface area contributed by atoms with Crippen LogP contribution in [-0.2, 0) is 20.9 Å². The molecule has 12 heteroatoms. The molecule has 1 unspecified atom stereocenters. The number of carbonyl (C=O) groups excluding carboxylic acids is 2. The summed E-state index contributed by atoms with van der Waals surface area (Å²) >= 11 is 6.20. The monoisotopic (exact) mass is 569 g/mol. The molecule has 0 spiro atoms. The summed E-state index contributed by atoms with van der Waals surface area (Å²) < 4.78 is 72.1. The van der Waals surface area contributed by atoms with Crippen molar-refractivity contribution in [1.82, 2.24) is 0 Å². The van der Waals surface area contributed by atoms with E-state index in [0.29, 0.717) is 23.5 Å². The van der Waals surface area contributed by atoms with Crippen LogP contribution in [0.15, 0.2) is 76.9 Å². The van der Waals surface area contributed by atoms with Crippen molar-refractivity contribution in [2.75, 3.05) is 11.8 Å². The molecule has 0 saturated heterocycles. The Hall–Kier alpha value is -3.41. The van der Waals surface area contributed by atoms with Crippen molar-refractivity contribution in [1.29, 1.82) is 0 Å². The van der Waals surface area contributed by atoms with E-state index >= 15 is 0 Å². The molecule has 0 heterocycles. The zero-order valence-corrected chi connectivity index (χ0v) is 21.7. The number of aliphatic hydroxyl groups excluding tert-OH is 1. The molecule has 3 rings (SSSR count). The molecule has 0 saturated carbocycles. The highest BCUT2D eigenvalue weighted by Crippen LogP contribution is 2.33. The van der Waals surface area contributed by atoms with Gasteiger partial charge in [-0.1, -0.05) is 23.8 Å². The SMILES string of the molecule is COC1=C/C(CC(=O)c2c(NS(=O)(=O)c3ccc(C(F)(F)F)cc3)ccc(Cl)c2C(C)=O)=C\CC(O)\C=C\1. The number of anilines is 1. The molecule has 1 aliphatic rings. The lowest BCUT2D eigenvalue weighted by Gasteiger charge is -2.17. The minimum Gasteiger partial charge on any atom is -0.497 e. The fourth-order valence-electron chi connectivity index (χ4n) is 3.69. The third kappa shape index (κ3) is 6.91. The molecule has 0 amide bonds. The van der Waals surface area contributed by atoms with Crippen molar-refractivity contribution < 1.29 is 41.0 Å². The Labute approximate surface area is 222 Å². The van der Waals surface area contributed by atoms with Gasteiger partial charge in [-0.05, 0) is 67.5 Å². The number of allylic oxidation sites excluding steroid dienone is 3. The highest BCUT2D eigenvalue weighted by molar-refractivity contribution is 7.92. The molecule has 0 fully saturated rings. The zero-order chi connectivity index (χ0) is 28.3. The van der Waals surface area contributed by atoms with Crippen LogP contribution >= 0.6 is 11.6 Å². The largest absolute Gasteiger partial charge is 0.497 e. The number of rotatable bonds is 8. The number of sulfonamides is 1. The second-order valence-electron chi connectivity index (χ2n) is 8.32. The van der Waals surface area contributed by atoms with Gasteiger partial charge in [0.25, 0.3) is 10.0 Å². The van der Waals surface area contributed by atoms with E-state index in [-0.39, 0.29) is 34.7 Å². The number of benzene rings is 2. The van der Waals surface area contributed by atoms with Crippen LogP contribution in [0.1, 0.15) is 46.0 Å². The van der Waals surface area contributed by atoms with Gasteiger partial charge in [0.05, 0.1) is 39.9 Å². The van der Waals surface area contributed by atoms with Crippen LogP contribution in [0.25, 0.3) is 0 Å². The van der Waals surface area contributed by atoms with Gasteiger partial charge in [-0.2, -0.15) is 13.2 Å². The molecule has 7 nitrogen and oxygen atoms in total. The number of ether oxygens (including phenoxy) is 1. The van der Waals surface area contributed by atoms with Crippen molar-refractivity contribution in [3.05, 3.63) is 93.7 Å². The van der Waals surface area contributed by atoms with Gasteiger partial charge in [0.2, 0.25) is 0 Å². The quantitative estimate of drug-likeness (QED) is 0.394. The number of alkyl halides is 3. The maximum atomic E-state index is 13.5. The van der Waals surface area contributed by atoms with Crippen LogP contribution in [0.3, 0.4) is 0 Å². The summed E-state index contributed by atoms with van der Waals surface area (Å²) in [6.45, 7) is 1.16. The Morgan fingerprint density at radius 2 is 1.79 bits per heavy atom. The Morgan fingerprint density at radius 1 is 1.13 bits per heavy atom. The van der Waals surface area contributed by atoms with Gasteiger partial charge in [-0.15, -0.1) is 0 Å². The lowest BCUT2D eigenvalue weighted by Crippen LogP contribution is -2.18. The fourth-order valence-corrected chi connectivity index (χ4v) is 5.06. The van der Waals surface area contributed by atoms with Gasteiger partial charge in [0, 0.05) is 12.0 Å². The van der Waals surface area contributed by atoms with E-state index in [1.54, 1.807) is 12.2 Å². The van der Waals surface area contributed by atoms with Crippen LogP contribution < -0.4 is 4.72 Å². The first kappa shape index (κ1) is 29.2. The summed E-state index contributed by atoms with van der Waals surface area (Å²) in [5, 5.41) is 9.90. The first-order valence-electron chi connectivity index (χ1n) is 11.1. The van der Waals surface area contributed by atoms with Gasteiger partial charge in [-0.3, -0.25) is 14.3 Å². The minimum absolute atomic E-state index is 0.0866. The maximum absolute atomic E-state index is 13.5. The topological polar surface area (TPSA) is 110 Å². The molecule has 0 aliphatic heterocycles. The predicted octanol–water partition coefficient (Wildman–Crippen LogP) is 5.71. The Balaban J connectivity index is 2.04. The van der Waals surface area contributed by atoms with E-state index in [4.69, 9.17) is 16.3 Å². The van der Waals surface area contributed by atoms with E-state index in [1.807, 2.05) is 0 Å². The highest BCUT2D eigenvalue weighted by Gasteiger charge is 2.31. The molecule has 202 valence electrons. The van der Waals surface area contributed by atoms with Crippen LogP contribution in [0.5, 0.6) is 0 Å². The average Bonchev–Trinajstić information content (AvgIpc) is 2.83. The van der Waals surface area contributed by atoms with E-state index in [2.05, 4.69) is 4.72 Å². The fraction of sp³-hybridized carbons (Fsp3) is 0.231. The van der Waals surface area contributed by atoms with Crippen molar-refractivity contribution in [3.63, 3.8) is 0 Å². The summed E-state index contributed by atoms with van der Waals surface area (Å²) in [6.07, 6.45) is 0.618. The van der Waals surface area contributed by atoms with Crippen LogP contribution in [0.2, 0.25) is 5.02 Å². The Morgan fingerprint density at radius 3 is 2.37 bits per heavy atom. The van der Waals surface area contributed by atoms with E-state index < -0.39 is 44.3 Å². The van der Waals surface area contributed by atoms with Gasteiger partial charge in [0.15, 0.2) is 11.6 Å². The molecule has 0 bridgehead atoms. The number of halogens is 4. The van der Waals surface area contributed by atoms with E-state index in [0.717, 1.165) is 19.1 Å². The number of nitrogens with one attached hydrogen (secondary N) is 1. The number of hydrogen-bond donors (Lipinski definition) is 2. The van der Waals surface area contributed by atoms with Crippen LogP contribution in [0.4, 0.5) is 18.9 Å². The zero-order valence-electron chi connectivity index (χ0n) is 20.2. The minimum atomic E-state index is -4.66. The van der Waals surface area contributed by atoms with Crippen molar-refractivity contribution in [2.24, 2.45) is 0 Å². The number of methoxy groups -OCH3 is 1. The predicted molar refractivity (Wildman–Crippen MR) is 136 cm³/mol. The summed E-state index contributed by atoms with van der Waals surface area (Å²) in [6, 6.07) is 5.23. The summed E-state index contributed by atoms with van der Waals surface area (Å²) in [5.41, 5.74) is -1.39. The van der Waals surface area contributed by atoms with Crippen LogP contribution in [0, 0.1) is 0 Å². The number of carbonyl (C=O) groups is 2. The summed E-state index contributed by atoms with van der Waals surface area (Å²) in [5.74, 6) is -0.921. The molecule has 2 N–H and O–H groups in total. The number of Topliss-reactive ketones (excluding diaryl/α,β-unsaturated/α-hetero) is 2. The summed E-state index contributed by atoms with van der Waals surface area (Å²) in [4.78, 5) is 25.5. The lowest BCUT2D eigenvalue weighted by atomic mass is 9.93. The molecule has 0 radical (unpaired) electrons. The average molecular weight is 570 g/mol. The molecule has 0 aromatic heterocycles. The molecule has 2 aromatic carbocycles. The number of hydrogen-bond acceptors (Lipinski definition) is 6. The lowest BCUT2D eigenvalue weighted by molar-refractivity contribution is -0.137. The van der Waals surface area contributed by atoms with Gasteiger partial charge in [0.1, 0.15) is 5.76 Å². The molecule has 38 heavy (non-hydrogen) atoms.